The molecule has 0 spiro atoms. The van der Waals surface area contributed by atoms with Gasteiger partial charge in [-0.2, -0.15) is 0 Å². The standard InChI is InChI=1S/C16H19N3O.ClH/c1-17-10-16-14-5-2-4-13(12(14)6-3-9-20-16)15-7-8-18-11-19-15;/h2,4-5,7-8,11,16-17H,3,6,9-10H2,1H3;1H. The zero-order valence-corrected chi connectivity index (χ0v) is 12.9. The SMILES string of the molecule is CNCC1OCCCc2c(-c3ccncn3)cccc21.Cl. The van der Waals surface area contributed by atoms with E-state index >= 15 is 0 Å². The fourth-order valence-electron chi connectivity index (χ4n) is 2.79. The maximum Gasteiger partial charge on any atom is 0.116 e. The van der Waals surface area contributed by atoms with Gasteiger partial charge in [-0.25, -0.2) is 9.97 Å². The Morgan fingerprint density at radius 2 is 2.24 bits per heavy atom. The van der Waals surface area contributed by atoms with Gasteiger partial charge in [0.15, 0.2) is 0 Å². The van der Waals surface area contributed by atoms with Crippen molar-refractivity contribution in [2.24, 2.45) is 0 Å². The number of aromatic nitrogens is 2. The lowest BCUT2D eigenvalue weighted by Crippen LogP contribution is -2.20. The van der Waals surface area contributed by atoms with E-state index in [2.05, 4.69) is 33.5 Å². The van der Waals surface area contributed by atoms with Crippen molar-refractivity contribution in [1.29, 1.82) is 0 Å². The van der Waals surface area contributed by atoms with Gasteiger partial charge in [0, 0.05) is 24.9 Å². The van der Waals surface area contributed by atoms with Gasteiger partial charge >= 0.3 is 0 Å². The largest absolute Gasteiger partial charge is 0.372 e. The predicted molar refractivity (Wildman–Crippen MR) is 85.7 cm³/mol. The molecule has 21 heavy (non-hydrogen) atoms. The number of benzene rings is 1. The molecule has 1 aromatic carbocycles. The fraction of sp³-hybridized carbons (Fsp3) is 0.375. The first kappa shape index (κ1) is 15.9. The van der Waals surface area contributed by atoms with Crippen LogP contribution in [0.5, 0.6) is 0 Å². The molecule has 0 fully saturated rings. The molecule has 5 heteroatoms. The van der Waals surface area contributed by atoms with E-state index in [-0.39, 0.29) is 18.5 Å². The Kier molecular flexibility index (Phi) is 5.67. The molecule has 0 saturated carbocycles. The summed E-state index contributed by atoms with van der Waals surface area (Å²) in [5, 5.41) is 3.21. The third kappa shape index (κ3) is 3.40. The smallest absolute Gasteiger partial charge is 0.116 e. The summed E-state index contributed by atoms with van der Waals surface area (Å²) >= 11 is 0. The Bertz CT molecular complexity index is 577. The highest BCUT2D eigenvalue weighted by atomic mass is 35.5. The molecule has 0 aliphatic carbocycles. The molecular weight excluding hydrogens is 286 g/mol. The third-order valence-electron chi connectivity index (χ3n) is 3.70. The Morgan fingerprint density at radius 3 is 3.00 bits per heavy atom. The first-order valence-electron chi connectivity index (χ1n) is 7.04. The molecule has 0 saturated heterocycles. The molecule has 3 rings (SSSR count). The summed E-state index contributed by atoms with van der Waals surface area (Å²) < 4.78 is 5.97. The van der Waals surface area contributed by atoms with E-state index in [4.69, 9.17) is 4.74 Å². The van der Waals surface area contributed by atoms with E-state index in [1.165, 1.54) is 16.7 Å². The molecule has 4 nitrogen and oxygen atoms in total. The van der Waals surface area contributed by atoms with Crippen molar-refractivity contribution in [3.8, 4) is 11.3 Å². The summed E-state index contributed by atoms with van der Waals surface area (Å²) in [6, 6.07) is 8.37. The van der Waals surface area contributed by atoms with Crippen LogP contribution in [0, 0.1) is 0 Å². The molecule has 1 aromatic heterocycles. The highest BCUT2D eigenvalue weighted by Crippen LogP contribution is 2.32. The lowest BCUT2D eigenvalue weighted by atomic mass is 9.93. The van der Waals surface area contributed by atoms with Crippen molar-refractivity contribution in [1.82, 2.24) is 15.3 Å². The quantitative estimate of drug-likeness (QED) is 0.947. The summed E-state index contributed by atoms with van der Waals surface area (Å²) in [5.74, 6) is 0. The highest BCUT2D eigenvalue weighted by Gasteiger charge is 2.21. The number of hydrogen-bond donors (Lipinski definition) is 1. The van der Waals surface area contributed by atoms with E-state index in [0.717, 1.165) is 31.7 Å². The summed E-state index contributed by atoms with van der Waals surface area (Å²) in [6.07, 6.45) is 5.61. The van der Waals surface area contributed by atoms with Crippen LogP contribution in [-0.4, -0.2) is 30.2 Å². The third-order valence-corrected chi connectivity index (χ3v) is 3.70. The summed E-state index contributed by atoms with van der Waals surface area (Å²) in [6.45, 7) is 1.64. The van der Waals surface area contributed by atoms with Crippen LogP contribution in [0.3, 0.4) is 0 Å². The van der Waals surface area contributed by atoms with Gasteiger partial charge in [0.2, 0.25) is 0 Å². The fourth-order valence-corrected chi connectivity index (χ4v) is 2.79. The molecule has 2 heterocycles. The van der Waals surface area contributed by atoms with Crippen molar-refractivity contribution in [3.05, 3.63) is 47.9 Å². The molecule has 0 bridgehead atoms. The molecule has 112 valence electrons. The van der Waals surface area contributed by atoms with Crippen LogP contribution in [0.25, 0.3) is 11.3 Å². The average Bonchev–Trinajstić information content (AvgIpc) is 2.71. The van der Waals surface area contributed by atoms with Crippen molar-refractivity contribution in [2.45, 2.75) is 18.9 Å². The number of nitrogens with one attached hydrogen (secondary N) is 1. The summed E-state index contributed by atoms with van der Waals surface area (Å²) in [4.78, 5) is 8.39. The molecular formula is C16H20ClN3O. The van der Waals surface area contributed by atoms with Gasteiger partial charge < -0.3 is 10.1 Å². The second kappa shape index (κ2) is 7.50. The molecule has 2 aromatic rings. The van der Waals surface area contributed by atoms with Crippen LogP contribution < -0.4 is 5.32 Å². The average molecular weight is 306 g/mol. The van der Waals surface area contributed by atoms with Crippen molar-refractivity contribution < 1.29 is 4.74 Å². The highest BCUT2D eigenvalue weighted by molar-refractivity contribution is 5.85. The lowest BCUT2D eigenvalue weighted by Gasteiger charge is -2.19. The van der Waals surface area contributed by atoms with E-state index < -0.39 is 0 Å². The van der Waals surface area contributed by atoms with Crippen LogP contribution in [0.2, 0.25) is 0 Å². The maximum atomic E-state index is 5.97. The van der Waals surface area contributed by atoms with Crippen molar-refractivity contribution >= 4 is 12.4 Å². The Balaban J connectivity index is 0.00000161. The molecule has 1 unspecified atom stereocenters. The van der Waals surface area contributed by atoms with Gasteiger partial charge in [-0.1, -0.05) is 18.2 Å². The Labute approximate surface area is 131 Å². The molecule has 1 aliphatic heterocycles. The van der Waals surface area contributed by atoms with Crippen LogP contribution in [-0.2, 0) is 11.2 Å². The number of fused-ring (bicyclic) bond motifs is 1. The number of nitrogens with zero attached hydrogens (tertiary/aromatic N) is 2. The van der Waals surface area contributed by atoms with E-state index in [1.807, 2.05) is 13.1 Å². The van der Waals surface area contributed by atoms with E-state index in [9.17, 15) is 0 Å². The molecule has 1 aliphatic rings. The second-order valence-electron chi connectivity index (χ2n) is 4.99. The minimum Gasteiger partial charge on any atom is -0.372 e. The minimum absolute atomic E-state index is 0. The number of ether oxygens (including phenoxy) is 1. The van der Waals surface area contributed by atoms with Crippen LogP contribution in [0.1, 0.15) is 23.7 Å². The van der Waals surface area contributed by atoms with E-state index in [1.54, 1.807) is 12.5 Å². The van der Waals surface area contributed by atoms with Gasteiger partial charge in [-0.05, 0) is 37.1 Å². The monoisotopic (exact) mass is 305 g/mol. The first-order chi connectivity index (χ1) is 9.90. The predicted octanol–water partition coefficient (Wildman–Crippen LogP) is 2.79. The molecule has 0 amide bonds. The topological polar surface area (TPSA) is 47.0 Å². The normalized spacial score (nSPS) is 17.5. The zero-order valence-electron chi connectivity index (χ0n) is 12.1. The van der Waals surface area contributed by atoms with Gasteiger partial charge in [-0.3, -0.25) is 0 Å². The number of rotatable bonds is 3. The van der Waals surface area contributed by atoms with Gasteiger partial charge in [0.1, 0.15) is 6.33 Å². The van der Waals surface area contributed by atoms with Crippen molar-refractivity contribution in [3.63, 3.8) is 0 Å². The van der Waals surface area contributed by atoms with Gasteiger partial charge in [-0.15, -0.1) is 12.4 Å². The zero-order chi connectivity index (χ0) is 13.8. The minimum atomic E-state index is 0. The van der Waals surface area contributed by atoms with E-state index in [0.29, 0.717) is 0 Å². The number of hydrogen-bond acceptors (Lipinski definition) is 4. The molecule has 1 atom stereocenters. The Morgan fingerprint density at radius 1 is 1.33 bits per heavy atom. The number of likely N-dealkylation sites (N-methyl/N-ethyl adjacent to an activating group) is 1. The Hall–Kier alpha value is -1.49. The molecule has 1 N–H and O–H groups in total. The first-order valence-corrected chi connectivity index (χ1v) is 7.04. The summed E-state index contributed by atoms with van der Waals surface area (Å²) in [7, 11) is 1.96. The number of halogens is 1. The van der Waals surface area contributed by atoms with Crippen LogP contribution in [0.4, 0.5) is 0 Å². The lowest BCUT2D eigenvalue weighted by molar-refractivity contribution is 0.0579. The van der Waals surface area contributed by atoms with Crippen LogP contribution in [0.15, 0.2) is 36.8 Å². The van der Waals surface area contributed by atoms with Crippen molar-refractivity contribution in [2.75, 3.05) is 20.2 Å². The molecule has 0 radical (unpaired) electrons. The maximum absolute atomic E-state index is 5.97. The van der Waals surface area contributed by atoms with Gasteiger partial charge in [0.05, 0.1) is 11.8 Å². The van der Waals surface area contributed by atoms with Gasteiger partial charge in [0.25, 0.3) is 0 Å². The summed E-state index contributed by atoms with van der Waals surface area (Å²) in [5.41, 5.74) is 4.84. The van der Waals surface area contributed by atoms with Crippen LogP contribution >= 0.6 is 12.4 Å². The second-order valence-corrected chi connectivity index (χ2v) is 4.99.